The minimum absolute atomic E-state index is 0.0649. The van der Waals surface area contributed by atoms with Crippen LogP contribution in [0.4, 0.5) is 5.69 Å². The van der Waals surface area contributed by atoms with Crippen molar-refractivity contribution >= 4 is 39.9 Å². The van der Waals surface area contributed by atoms with Gasteiger partial charge in [-0.15, -0.1) is 5.10 Å². The molecule has 0 bridgehead atoms. The number of halogens is 1. The first-order valence-electron chi connectivity index (χ1n) is 9.51. The lowest BCUT2D eigenvalue weighted by atomic mass is 10.1. The van der Waals surface area contributed by atoms with Crippen LogP contribution in [-0.2, 0) is 11.2 Å². The van der Waals surface area contributed by atoms with Crippen molar-refractivity contribution in [2.75, 3.05) is 5.32 Å². The average Bonchev–Trinajstić information content (AvgIpc) is 3.00. The van der Waals surface area contributed by atoms with E-state index in [0.29, 0.717) is 29.2 Å². The number of benzene rings is 1. The Kier molecular flexibility index (Phi) is 4.96. The molecule has 0 aliphatic heterocycles. The summed E-state index contributed by atoms with van der Waals surface area (Å²) in [5.74, 6) is -0.0649. The third-order valence-corrected chi connectivity index (χ3v) is 5.35. The van der Waals surface area contributed by atoms with Crippen molar-refractivity contribution < 1.29 is 4.79 Å². The van der Waals surface area contributed by atoms with Gasteiger partial charge in [-0.1, -0.05) is 17.7 Å². The van der Waals surface area contributed by atoms with Crippen LogP contribution in [0.25, 0.3) is 16.7 Å². The Morgan fingerprint density at radius 2 is 1.93 bits per heavy atom. The zero-order valence-corrected chi connectivity index (χ0v) is 17.6. The van der Waals surface area contributed by atoms with E-state index in [9.17, 15) is 4.79 Å². The van der Waals surface area contributed by atoms with Crippen molar-refractivity contribution in [1.29, 1.82) is 0 Å². The molecule has 1 aromatic carbocycles. The number of fused-ring (bicyclic) bond motifs is 3. The summed E-state index contributed by atoms with van der Waals surface area (Å²) in [6.45, 7) is 8.01. The number of nitrogens with one attached hydrogen (secondary N) is 1. The number of hydrogen-bond acceptors (Lipinski definition) is 4. The maximum absolute atomic E-state index is 12.4. The lowest BCUT2D eigenvalue weighted by Crippen LogP contribution is -2.14. The van der Waals surface area contributed by atoms with E-state index in [-0.39, 0.29) is 5.91 Å². The quantitative estimate of drug-likeness (QED) is 0.530. The Bertz CT molecular complexity index is 1260. The van der Waals surface area contributed by atoms with Crippen LogP contribution in [0, 0.1) is 27.7 Å². The molecule has 0 radical (unpaired) electrons. The number of pyridine rings is 1. The third-order valence-electron chi connectivity index (χ3n) is 5.12. The highest BCUT2D eigenvalue weighted by Gasteiger charge is 2.17. The normalized spacial score (nSPS) is 11.3. The molecule has 29 heavy (non-hydrogen) atoms. The lowest BCUT2D eigenvalue weighted by Gasteiger charge is -2.11. The molecular formula is C22H22ClN5O. The number of nitrogens with zero attached hydrogens (tertiary/aromatic N) is 4. The molecule has 3 heterocycles. The zero-order valence-electron chi connectivity index (χ0n) is 16.9. The predicted octanol–water partition coefficient (Wildman–Crippen LogP) is 4.74. The average molecular weight is 408 g/mol. The van der Waals surface area contributed by atoms with Crippen LogP contribution >= 0.6 is 11.6 Å². The Balaban J connectivity index is 1.63. The highest BCUT2D eigenvalue weighted by atomic mass is 35.5. The van der Waals surface area contributed by atoms with E-state index in [1.54, 1.807) is 12.1 Å². The van der Waals surface area contributed by atoms with Crippen LogP contribution in [0.15, 0.2) is 30.3 Å². The highest BCUT2D eigenvalue weighted by molar-refractivity contribution is 6.30. The first-order chi connectivity index (χ1) is 13.8. The number of amides is 1. The van der Waals surface area contributed by atoms with Gasteiger partial charge in [0.1, 0.15) is 0 Å². The fourth-order valence-corrected chi connectivity index (χ4v) is 3.95. The number of aryl methyl sites for hydroxylation is 4. The molecule has 0 saturated carbocycles. The van der Waals surface area contributed by atoms with Gasteiger partial charge in [-0.2, -0.15) is 0 Å². The van der Waals surface area contributed by atoms with E-state index in [0.717, 1.165) is 39.2 Å². The van der Waals surface area contributed by atoms with Crippen molar-refractivity contribution in [3.63, 3.8) is 0 Å². The SMILES string of the molecule is Cc1cc(C)c2c(n1)nn1c(C)c(CCC(=O)Nc3cccc(Cl)c3)c(C)nc21. The summed E-state index contributed by atoms with van der Waals surface area (Å²) < 4.78 is 1.85. The van der Waals surface area contributed by atoms with Crippen molar-refractivity contribution in [1.82, 2.24) is 19.6 Å². The van der Waals surface area contributed by atoms with Crippen molar-refractivity contribution in [3.05, 3.63) is 63.6 Å². The van der Waals surface area contributed by atoms with Crippen LogP contribution < -0.4 is 5.32 Å². The van der Waals surface area contributed by atoms with Gasteiger partial charge in [0, 0.05) is 34.2 Å². The molecule has 0 atom stereocenters. The standard InChI is InChI=1S/C22H22ClN5O/c1-12-10-13(2)24-21-20(12)22-25-14(3)18(15(4)28(22)27-21)8-9-19(29)26-17-7-5-6-16(23)11-17/h5-7,10-11H,8-9H2,1-4H3,(H,26,29). The first-order valence-corrected chi connectivity index (χ1v) is 9.89. The lowest BCUT2D eigenvalue weighted by molar-refractivity contribution is -0.116. The molecule has 0 fully saturated rings. The van der Waals surface area contributed by atoms with Crippen molar-refractivity contribution in [3.8, 4) is 0 Å². The van der Waals surface area contributed by atoms with Gasteiger partial charge in [-0.3, -0.25) is 4.79 Å². The van der Waals surface area contributed by atoms with Gasteiger partial charge in [-0.05, 0) is 69.5 Å². The molecule has 0 aliphatic carbocycles. The molecule has 4 aromatic rings. The van der Waals surface area contributed by atoms with Gasteiger partial charge in [-0.25, -0.2) is 14.5 Å². The van der Waals surface area contributed by atoms with Crippen LogP contribution in [0.2, 0.25) is 5.02 Å². The molecule has 0 spiro atoms. The molecule has 0 saturated heterocycles. The van der Waals surface area contributed by atoms with E-state index in [2.05, 4.69) is 22.3 Å². The molecule has 6 nitrogen and oxygen atoms in total. The fourth-order valence-electron chi connectivity index (χ4n) is 3.76. The summed E-state index contributed by atoms with van der Waals surface area (Å²) in [5, 5.41) is 9.13. The van der Waals surface area contributed by atoms with Gasteiger partial charge < -0.3 is 5.32 Å². The van der Waals surface area contributed by atoms with Gasteiger partial charge in [0.05, 0.1) is 5.39 Å². The summed E-state index contributed by atoms with van der Waals surface area (Å²) in [4.78, 5) is 21.8. The number of hydrogen-bond donors (Lipinski definition) is 1. The summed E-state index contributed by atoms with van der Waals surface area (Å²) in [5.41, 5.74) is 7.18. The van der Waals surface area contributed by atoms with Crippen molar-refractivity contribution in [2.24, 2.45) is 0 Å². The molecule has 148 valence electrons. The number of carbonyl (C=O) groups is 1. The molecule has 0 unspecified atom stereocenters. The Labute approximate surface area is 173 Å². The van der Waals surface area contributed by atoms with Crippen LogP contribution in [0.5, 0.6) is 0 Å². The Morgan fingerprint density at radius 3 is 2.69 bits per heavy atom. The van der Waals surface area contributed by atoms with Crippen LogP contribution in [0.3, 0.4) is 0 Å². The second-order valence-corrected chi connectivity index (χ2v) is 7.77. The minimum Gasteiger partial charge on any atom is -0.326 e. The predicted molar refractivity (Wildman–Crippen MR) is 116 cm³/mol. The van der Waals surface area contributed by atoms with Gasteiger partial charge >= 0.3 is 0 Å². The number of anilines is 1. The van der Waals surface area contributed by atoms with Crippen LogP contribution in [0.1, 0.15) is 34.6 Å². The van der Waals surface area contributed by atoms with Crippen molar-refractivity contribution in [2.45, 2.75) is 40.5 Å². The number of carbonyl (C=O) groups excluding carboxylic acids is 1. The second kappa shape index (κ2) is 7.44. The molecule has 1 amide bonds. The van der Waals surface area contributed by atoms with Gasteiger partial charge in [0.15, 0.2) is 11.3 Å². The van der Waals surface area contributed by atoms with Gasteiger partial charge in [0.2, 0.25) is 5.91 Å². The Hall–Kier alpha value is -2.99. The largest absolute Gasteiger partial charge is 0.326 e. The summed E-state index contributed by atoms with van der Waals surface area (Å²) in [7, 11) is 0. The van der Waals surface area contributed by atoms with E-state index in [1.165, 1.54) is 0 Å². The van der Waals surface area contributed by atoms with Crippen LogP contribution in [-0.4, -0.2) is 25.5 Å². The first kappa shape index (κ1) is 19.3. The second-order valence-electron chi connectivity index (χ2n) is 7.33. The molecule has 1 N–H and O–H groups in total. The smallest absolute Gasteiger partial charge is 0.224 e. The number of rotatable bonds is 4. The molecule has 3 aromatic heterocycles. The van der Waals surface area contributed by atoms with E-state index >= 15 is 0 Å². The monoisotopic (exact) mass is 407 g/mol. The maximum Gasteiger partial charge on any atom is 0.224 e. The molecule has 7 heteroatoms. The topological polar surface area (TPSA) is 72.2 Å². The minimum atomic E-state index is -0.0649. The van der Waals surface area contributed by atoms with Gasteiger partial charge in [0.25, 0.3) is 0 Å². The van der Waals surface area contributed by atoms with E-state index in [1.807, 2.05) is 43.5 Å². The summed E-state index contributed by atoms with van der Waals surface area (Å²) in [6.07, 6.45) is 0.924. The van der Waals surface area contributed by atoms with E-state index < -0.39 is 0 Å². The molecule has 4 rings (SSSR count). The van der Waals surface area contributed by atoms with E-state index in [4.69, 9.17) is 16.6 Å². The maximum atomic E-state index is 12.4. The molecular weight excluding hydrogens is 386 g/mol. The molecule has 0 aliphatic rings. The fraction of sp³-hybridized carbons (Fsp3) is 0.273. The summed E-state index contributed by atoms with van der Waals surface area (Å²) in [6, 6.07) is 9.18. The Morgan fingerprint density at radius 1 is 1.14 bits per heavy atom. The zero-order chi connectivity index (χ0) is 20.7. The highest BCUT2D eigenvalue weighted by Crippen LogP contribution is 2.25. The summed E-state index contributed by atoms with van der Waals surface area (Å²) >= 11 is 5.98. The number of aromatic nitrogens is 4. The third kappa shape index (κ3) is 3.68.